The van der Waals surface area contributed by atoms with Crippen molar-refractivity contribution in [3.8, 4) is 0 Å². The van der Waals surface area contributed by atoms with Crippen LogP contribution in [0.3, 0.4) is 0 Å². The Morgan fingerprint density at radius 3 is 2.17 bits per heavy atom. The van der Waals surface area contributed by atoms with Crippen molar-refractivity contribution in [3.63, 3.8) is 0 Å². The molecular formula is C12H22. The maximum atomic E-state index is 2.36. The van der Waals surface area contributed by atoms with E-state index in [0.29, 0.717) is 0 Å². The van der Waals surface area contributed by atoms with E-state index in [2.05, 4.69) is 39.8 Å². The van der Waals surface area contributed by atoms with E-state index in [9.17, 15) is 0 Å². The highest BCUT2D eigenvalue weighted by Gasteiger charge is 1.87. The maximum absolute atomic E-state index is 2.36. The molecule has 0 radical (unpaired) electrons. The van der Waals surface area contributed by atoms with E-state index in [1.54, 1.807) is 0 Å². The summed E-state index contributed by atoms with van der Waals surface area (Å²) < 4.78 is 0. The van der Waals surface area contributed by atoms with Crippen molar-refractivity contribution in [2.75, 3.05) is 0 Å². The molecule has 70 valence electrons. The second kappa shape index (κ2) is 7.15. The summed E-state index contributed by atoms with van der Waals surface area (Å²) in [4.78, 5) is 0. The van der Waals surface area contributed by atoms with E-state index in [1.165, 1.54) is 36.8 Å². The van der Waals surface area contributed by atoms with Gasteiger partial charge in [0, 0.05) is 0 Å². The highest BCUT2D eigenvalue weighted by atomic mass is 13.9. The van der Waals surface area contributed by atoms with Crippen LogP contribution in [0, 0.1) is 0 Å². The molecule has 0 aliphatic carbocycles. The van der Waals surface area contributed by atoms with Gasteiger partial charge in [0.1, 0.15) is 0 Å². The fourth-order valence-corrected chi connectivity index (χ4v) is 1.08. The first-order chi connectivity index (χ1) is 5.66. The molecule has 0 saturated heterocycles. The lowest BCUT2D eigenvalue weighted by Crippen LogP contribution is -1.77. The molecule has 0 fully saturated rings. The van der Waals surface area contributed by atoms with Crippen molar-refractivity contribution in [2.24, 2.45) is 0 Å². The first kappa shape index (κ1) is 11.5. The third kappa shape index (κ3) is 7.59. The van der Waals surface area contributed by atoms with Crippen LogP contribution in [0.25, 0.3) is 0 Å². The molecule has 0 atom stereocenters. The topological polar surface area (TPSA) is 0 Å². The predicted octanol–water partition coefficient (Wildman–Crippen LogP) is 4.48. The zero-order chi connectivity index (χ0) is 9.40. The Balaban J connectivity index is 3.56. The summed E-state index contributed by atoms with van der Waals surface area (Å²) in [5.74, 6) is 0. The van der Waals surface area contributed by atoms with Crippen LogP contribution in [0.1, 0.15) is 53.4 Å². The molecule has 0 aromatic heterocycles. The molecule has 0 heterocycles. The van der Waals surface area contributed by atoms with Crippen molar-refractivity contribution in [2.45, 2.75) is 53.4 Å². The van der Waals surface area contributed by atoms with Gasteiger partial charge in [-0.1, -0.05) is 36.6 Å². The Morgan fingerprint density at radius 1 is 1.00 bits per heavy atom. The van der Waals surface area contributed by atoms with Gasteiger partial charge in [0.2, 0.25) is 0 Å². The summed E-state index contributed by atoms with van der Waals surface area (Å²) >= 11 is 0. The molecule has 0 heteroatoms. The fourth-order valence-electron chi connectivity index (χ4n) is 1.08. The fraction of sp³-hybridized carbons (Fsp3) is 0.667. The Kier molecular flexibility index (Phi) is 6.84. The van der Waals surface area contributed by atoms with E-state index in [-0.39, 0.29) is 0 Å². The van der Waals surface area contributed by atoms with Crippen molar-refractivity contribution >= 4 is 0 Å². The average molecular weight is 166 g/mol. The molecule has 12 heavy (non-hydrogen) atoms. The first-order valence-electron chi connectivity index (χ1n) is 4.95. The summed E-state index contributed by atoms with van der Waals surface area (Å²) in [7, 11) is 0. The molecule has 0 aliphatic heterocycles. The van der Waals surface area contributed by atoms with Gasteiger partial charge in [-0.15, -0.1) is 0 Å². The Bertz CT molecular complexity index is 157. The van der Waals surface area contributed by atoms with Gasteiger partial charge >= 0.3 is 0 Å². The third-order valence-corrected chi connectivity index (χ3v) is 1.87. The highest BCUT2D eigenvalue weighted by molar-refractivity contribution is 5.01. The summed E-state index contributed by atoms with van der Waals surface area (Å²) in [6.45, 7) is 8.77. The molecule has 0 nitrogen and oxygen atoms in total. The van der Waals surface area contributed by atoms with Crippen LogP contribution in [-0.2, 0) is 0 Å². The normalized spacial score (nSPS) is 11.5. The largest absolute Gasteiger partial charge is 0.0856 e. The standard InChI is InChI=1S/C12H22/c1-5-6-9-12(4)10-7-8-11(2)3/h8-9H,5-7,10H2,1-4H3/b12-9+. The molecule has 0 unspecified atom stereocenters. The second-order valence-corrected chi connectivity index (χ2v) is 3.66. The molecule has 0 N–H and O–H groups in total. The van der Waals surface area contributed by atoms with Gasteiger partial charge in [0.25, 0.3) is 0 Å². The highest BCUT2D eigenvalue weighted by Crippen LogP contribution is 2.07. The van der Waals surface area contributed by atoms with Crippen molar-refractivity contribution in [1.29, 1.82) is 0 Å². The molecule has 0 amide bonds. The van der Waals surface area contributed by atoms with Crippen molar-refractivity contribution < 1.29 is 0 Å². The van der Waals surface area contributed by atoms with Gasteiger partial charge in [0.05, 0.1) is 0 Å². The van der Waals surface area contributed by atoms with E-state index in [0.717, 1.165) is 0 Å². The molecule has 0 aromatic carbocycles. The molecule has 0 saturated carbocycles. The van der Waals surface area contributed by atoms with Crippen molar-refractivity contribution in [1.82, 2.24) is 0 Å². The summed E-state index contributed by atoms with van der Waals surface area (Å²) in [5.41, 5.74) is 2.97. The summed E-state index contributed by atoms with van der Waals surface area (Å²) in [6.07, 6.45) is 9.60. The lowest BCUT2D eigenvalue weighted by atomic mass is 10.1. The lowest BCUT2D eigenvalue weighted by Gasteiger charge is -1.97. The minimum atomic E-state index is 1.20. The summed E-state index contributed by atoms with van der Waals surface area (Å²) in [5, 5.41) is 0. The SMILES string of the molecule is CCC/C=C(\C)CCC=C(C)C. The number of rotatable bonds is 5. The molecule has 0 spiro atoms. The van der Waals surface area contributed by atoms with Gasteiger partial charge in [-0.2, -0.15) is 0 Å². The number of hydrogen-bond acceptors (Lipinski definition) is 0. The van der Waals surface area contributed by atoms with E-state index in [4.69, 9.17) is 0 Å². The van der Waals surface area contributed by atoms with Gasteiger partial charge < -0.3 is 0 Å². The molecular weight excluding hydrogens is 144 g/mol. The molecule has 0 aromatic rings. The zero-order valence-electron chi connectivity index (χ0n) is 8.98. The van der Waals surface area contributed by atoms with Gasteiger partial charge in [-0.25, -0.2) is 0 Å². The van der Waals surface area contributed by atoms with Gasteiger partial charge in [-0.3, -0.25) is 0 Å². The zero-order valence-corrected chi connectivity index (χ0v) is 8.98. The predicted molar refractivity (Wildman–Crippen MR) is 57.3 cm³/mol. The molecule has 0 aliphatic rings. The Morgan fingerprint density at radius 2 is 1.67 bits per heavy atom. The Labute approximate surface area is 77.4 Å². The van der Waals surface area contributed by atoms with Crippen LogP contribution in [-0.4, -0.2) is 0 Å². The third-order valence-electron chi connectivity index (χ3n) is 1.87. The lowest BCUT2D eigenvalue weighted by molar-refractivity contribution is 0.908. The average Bonchev–Trinajstić information content (AvgIpc) is 2.00. The maximum Gasteiger partial charge on any atom is -0.0288 e. The summed E-state index contributed by atoms with van der Waals surface area (Å²) in [6, 6.07) is 0. The minimum absolute atomic E-state index is 1.20. The monoisotopic (exact) mass is 166 g/mol. The van der Waals surface area contributed by atoms with Crippen LogP contribution in [0.4, 0.5) is 0 Å². The van der Waals surface area contributed by atoms with Crippen LogP contribution >= 0.6 is 0 Å². The first-order valence-corrected chi connectivity index (χ1v) is 4.95. The van der Waals surface area contributed by atoms with Gasteiger partial charge in [0.15, 0.2) is 0 Å². The number of allylic oxidation sites excluding steroid dienone is 4. The second-order valence-electron chi connectivity index (χ2n) is 3.66. The number of hydrogen-bond donors (Lipinski definition) is 0. The van der Waals surface area contributed by atoms with Crippen LogP contribution in [0.2, 0.25) is 0 Å². The molecule has 0 rings (SSSR count). The van der Waals surface area contributed by atoms with Crippen molar-refractivity contribution in [3.05, 3.63) is 23.3 Å². The number of unbranched alkanes of at least 4 members (excludes halogenated alkanes) is 1. The van der Waals surface area contributed by atoms with E-state index < -0.39 is 0 Å². The molecule has 0 bridgehead atoms. The quantitative estimate of drug-likeness (QED) is 0.528. The van der Waals surface area contributed by atoms with Crippen LogP contribution < -0.4 is 0 Å². The van der Waals surface area contributed by atoms with Gasteiger partial charge in [-0.05, 0) is 40.0 Å². The minimum Gasteiger partial charge on any atom is -0.0856 e. The smallest absolute Gasteiger partial charge is 0.0288 e. The van der Waals surface area contributed by atoms with Crippen LogP contribution in [0.5, 0.6) is 0 Å². The van der Waals surface area contributed by atoms with E-state index >= 15 is 0 Å². The van der Waals surface area contributed by atoms with E-state index in [1.807, 2.05) is 0 Å². The Hall–Kier alpha value is -0.520. The van der Waals surface area contributed by atoms with Crippen LogP contribution in [0.15, 0.2) is 23.3 Å².